The number of hydrogen-bond acceptors (Lipinski definition) is 1. The first kappa shape index (κ1) is 19.6. The summed E-state index contributed by atoms with van der Waals surface area (Å²) in [6.07, 6.45) is 6.00. The summed E-state index contributed by atoms with van der Waals surface area (Å²) in [4.78, 5) is 13.3. The molecule has 1 aliphatic heterocycles. The molecule has 1 amide bonds. The van der Waals surface area contributed by atoms with Crippen LogP contribution in [-0.4, -0.2) is 23.9 Å². The van der Waals surface area contributed by atoms with Crippen LogP contribution in [0.5, 0.6) is 0 Å². The summed E-state index contributed by atoms with van der Waals surface area (Å²) < 4.78 is 14.0. The molecule has 0 aromatic heterocycles. The van der Waals surface area contributed by atoms with E-state index in [1.165, 1.54) is 6.08 Å². The molecular weight excluding hydrogens is 265 g/mol. The maximum Gasteiger partial charge on any atom is 0.219 e. The van der Waals surface area contributed by atoms with Gasteiger partial charge in [0, 0.05) is 20.0 Å². The number of nitrogens with zero attached hydrogens (tertiary/aromatic N) is 1. The third kappa shape index (κ3) is 6.74. The predicted molar refractivity (Wildman–Crippen MR) is 88.7 cm³/mol. The summed E-state index contributed by atoms with van der Waals surface area (Å²) >= 11 is 0. The molecule has 0 aliphatic carbocycles. The van der Waals surface area contributed by atoms with E-state index in [9.17, 15) is 9.18 Å². The highest BCUT2D eigenvalue weighted by Crippen LogP contribution is 2.31. The lowest BCUT2D eigenvalue weighted by Crippen LogP contribution is -2.29. The van der Waals surface area contributed by atoms with Crippen LogP contribution in [0.1, 0.15) is 53.9 Å². The van der Waals surface area contributed by atoms with Crippen molar-refractivity contribution in [3.8, 4) is 0 Å². The molecule has 0 spiro atoms. The van der Waals surface area contributed by atoms with E-state index in [0.29, 0.717) is 6.54 Å². The smallest absolute Gasteiger partial charge is 0.219 e. The van der Waals surface area contributed by atoms with Gasteiger partial charge in [-0.25, -0.2) is 4.39 Å². The zero-order valence-corrected chi connectivity index (χ0v) is 14.2. The van der Waals surface area contributed by atoms with Crippen molar-refractivity contribution in [2.75, 3.05) is 13.1 Å². The van der Waals surface area contributed by atoms with Gasteiger partial charge >= 0.3 is 0 Å². The lowest BCUT2D eigenvalue weighted by atomic mass is 9.89. The molecule has 21 heavy (non-hydrogen) atoms. The minimum absolute atomic E-state index is 0.109. The second-order valence-electron chi connectivity index (χ2n) is 5.22. The molecule has 0 saturated carbocycles. The number of allylic oxidation sites excluding steroid dienone is 5. The second kappa shape index (κ2) is 10.4. The van der Waals surface area contributed by atoms with Crippen molar-refractivity contribution < 1.29 is 9.18 Å². The zero-order chi connectivity index (χ0) is 16.4. The quantitative estimate of drug-likeness (QED) is 0.668. The highest BCUT2D eigenvalue weighted by molar-refractivity contribution is 5.73. The van der Waals surface area contributed by atoms with Crippen molar-refractivity contribution in [3.05, 3.63) is 35.7 Å². The van der Waals surface area contributed by atoms with Crippen LogP contribution in [0.2, 0.25) is 0 Å². The topological polar surface area (TPSA) is 20.3 Å². The summed E-state index contributed by atoms with van der Waals surface area (Å²) in [5.41, 5.74) is 1.60. The Balaban J connectivity index is 0.00000191. The van der Waals surface area contributed by atoms with Gasteiger partial charge < -0.3 is 4.90 Å². The molecule has 1 atom stereocenters. The van der Waals surface area contributed by atoms with Crippen molar-refractivity contribution in [3.63, 3.8) is 0 Å². The summed E-state index contributed by atoms with van der Waals surface area (Å²) in [5.74, 6) is 0.124. The second-order valence-corrected chi connectivity index (χ2v) is 5.22. The Labute approximate surface area is 129 Å². The Bertz CT molecular complexity index is 409. The molecule has 0 aromatic rings. The fourth-order valence-electron chi connectivity index (χ4n) is 2.54. The molecule has 1 saturated heterocycles. The molecule has 120 valence electrons. The monoisotopic (exact) mass is 295 g/mol. The Morgan fingerprint density at radius 2 is 1.86 bits per heavy atom. The van der Waals surface area contributed by atoms with Crippen LogP contribution in [0.15, 0.2) is 35.7 Å². The van der Waals surface area contributed by atoms with Gasteiger partial charge in [0.15, 0.2) is 0 Å². The summed E-state index contributed by atoms with van der Waals surface area (Å²) in [6.45, 7) is 14.5. The number of carbonyl (C=O) groups excluding carboxylic acids is 1. The van der Waals surface area contributed by atoms with Gasteiger partial charge in [-0.05, 0) is 44.6 Å². The average molecular weight is 295 g/mol. The largest absolute Gasteiger partial charge is 0.343 e. The fraction of sp³-hybridized carbons (Fsp3) is 0.611. The lowest BCUT2D eigenvalue weighted by Gasteiger charge is -2.19. The number of amides is 1. The highest BCUT2D eigenvalue weighted by atomic mass is 19.1. The number of hydrogen-bond donors (Lipinski definition) is 0. The summed E-state index contributed by atoms with van der Waals surface area (Å²) in [5, 5.41) is 0. The van der Waals surface area contributed by atoms with Crippen molar-refractivity contribution >= 4 is 5.91 Å². The van der Waals surface area contributed by atoms with Gasteiger partial charge in [-0.15, -0.1) is 0 Å². The molecule has 1 unspecified atom stereocenters. The summed E-state index contributed by atoms with van der Waals surface area (Å²) in [7, 11) is 0. The van der Waals surface area contributed by atoms with E-state index in [-0.39, 0.29) is 17.7 Å². The van der Waals surface area contributed by atoms with Crippen LogP contribution in [0.4, 0.5) is 4.39 Å². The van der Waals surface area contributed by atoms with E-state index >= 15 is 0 Å². The Kier molecular flexibility index (Phi) is 9.68. The van der Waals surface area contributed by atoms with Crippen molar-refractivity contribution in [2.45, 2.75) is 53.9 Å². The lowest BCUT2D eigenvalue weighted by molar-refractivity contribution is -0.128. The maximum atomic E-state index is 14.0. The van der Waals surface area contributed by atoms with E-state index in [1.54, 1.807) is 13.8 Å². The molecule has 0 bridgehead atoms. The average Bonchev–Trinajstić information content (AvgIpc) is 2.71. The molecule has 3 heteroatoms. The SMILES string of the molecule is C=C(C)/C=C(\C(F)=C/C)C1CCCN(C(C)=O)CC1.CC. The highest BCUT2D eigenvalue weighted by Gasteiger charge is 2.23. The van der Waals surface area contributed by atoms with Crippen LogP contribution in [-0.2, 0) is 4.79 Å². The van der Waals surface area contributed by atoms with E-state index in [4.69, 9.17) is 0 Å². The minimum atomic E-state index is -0.163. The van der Waals surface area contributed by atoms with Crippen LogP contribution in [0.3, 0.4) is 0 Å². The molecule has 0 radical (unpaired) electrons. The molecule has 1 rings (SSSR count). The van der Waals surface area contributed by atoms with E-state index in [1.807, 2.05) is 31.7 Å². The van der Waals surface area contributed by atoms with Gasteiger partial charge in [-0.1, -0.05) is 38.2 Å². The predicted octanol–water partition coefficient (Wildman–Crippen LogP) is 5.04. The van der Waals surface area contributed by atoms with Crippen LogP contribution in [0.25, 0.3) is 0 Å². The molecule has 0 aromatic carbocycles. The number of likely N-dealkylation sites (tertiary alicyclic amines) is 1. The minimum Gasteiger partial charge on any atom is -0.343 e. The Hall–Kier alpha value is -1.38. The van der Waals surface area contributed by atoms with E-state index < -0.39 is 0 Å². The fourth-order valence-corrected chi connectivity index (χ4v) is 2.54. The van der Waals surface area contributed by atoms with Crippen molar-refractivity contribution in [1.82, 2.24) is 4.90 Å². The molecule has 1 heterocycles. The number of carbonyl (C=O) groups is 1. The Morgan fingerprint density at radius 1 is 1.24 bits per heavy atom. The molecule has 2 nitrogen and oxygen atoms in total. The first-order valence-electron chi connectivity index (χ1n) is 7.90. The number of rotatable bonds is 3. The molecule has 1 fully saturated rings. The van der Waals surface area contributed by atoms with Gasteiger partial charge in [0.1, 0.15) is 5.83 Å². The maximum absolute atomic E-state index is 14.0. The van der Waals surface area contributed by atoms with E-state index in [2.05, 4.69) is 6.58 Å². The normalized spacial score (nSPS) is 20.3. The van der Waals surface area contributed by atoms with Crippen molar-refractivity contribution in [2.24, 2.45) is 5.92 Å². The van der Waals surface area contributed by atoms with Gasteiger partial charge in [-0.2, -0.15) is 0 Å². The van der Waals surface area contributed by atoms with Crippen LogP contribution >= 0.6 is 0 Å². The molecule has 0 N–H and O–H groups in total. The zero-order valence-electron chi connectivity index (χ0n) is 14.2. The Morgan fingerprint density at radius 3 is 2.33 bits per heavy atom. The standard InChI is InChI=1S/C16H24FNO.C2H6/c1-5-16(17)15(11-12(2)3)14-7-6-9-18(10-8-14)13(4)19;1-2/h5,11,14H,2,6-10H2,1,3-4H3;1-2H3/b15-11-,16-5+;. The van der Waals surface area contributed by atoms with Gasteiger partial charge in [0.2, 0.25) is 5.91 Å². The van der Waals surface area contributed by atoms with Gasteiger partial charge in [-0.3, -0.25) is 4.79 Å². The van der Waals surface area contributed by atoms with Crippen LogP contribution < -0.4 is 0 Å². The molecular formula is C18H30FNO. The third-order valence-corrected chi connectivity index (χ3v) is 3.54. The van der Waals surface area contributed by atoms with Crippen molar-refractivity contribution in [1.29, 1.82) is 0 Å². The van der Waals surface area contributed by atoms with Gasteiger partial charge in [0.05, 0.1) is 0 Å². The van der Waals surface area contributed by atoms with Crippen LogP contribution in [0, 0.1) is 5.92 Å². The van der Waals surface area contributed by atoms with Gasteiger partial charge in [0.25, 0.3) is 0 Å². The summed E-state index contributed by atoms with van der Waals surface area (Å²) in [6, 6.07) is 0. The number of halogens is 1. The first-order chi connectivity index (χ1) is 9.95. The molecule has 1 aliphatic rings. The first-order valence-corrected chi connectivity index (χ1v) is 7.90. The third-order valence-electron chi connectivity index (χ3n) is 3.54. The van der Waals surface area contributed by atoms with E-state index in [0.717, 1.165) is 37.0 Å².